The Bertz CT molecular complexity index is 514. The highest BCUT2D eigenvalue weighted by atomic mass is 35.5. The van der Waals surface area contributed by atoms with E-state index >= 15 is 0 Å². The van der Waals surface area contributed by atoms with Crippen LogP contribution in [0.25, 0.3) is 0 Å². The smallest absolute Gasteiger partial charge is 0.253 e. The molecule has 1 aromatic carbocycles. The van der Waals surface area contributed by atoms with Crippen molar-refractivity contribution in [3.8, 4) is 0 Å². The quantitative estimate of drug-likeness (QED) is 0.863. The van der Waals surface area contributed by atoms with Crippen molar-refractivity contribution in [1.82, 2.24) is 15.5 Å². The van der Waals surface area contributed by atoms with E-state index in [2.05, 4.69) is 10.6 Å². The maximum Gasteiger partial charge on any atom is 0.253 e. The molecule has 1 aliphatic rings. The molecule has 1 saturated heterocycles. The predicted octanol–water partition coefficient (Wildman–Crippen LogP) is 1.54. The molecule has 0 spiro atoms. The molecule has 1 unspecified atom stereocenters. The second kappa shape index (κ2) is 8.76. The van der Waals surface area contributed by atoms with Crippen molar-refractivity contribution in [3.63, 3.8) is 0 Å². The number of halogens is 1. The minimum absolute atomic E-state index is 0. The van der Waals surface area contributed by atoms with Gasteiger partial charge in [-0.2, -0.15) is 0 Å². The molecule has 0 radical (unpaired) electrons. The zero-order valence-corrected chi connectivity index (χ0v) is 13.9. The summed E-state index contributed by atoms with van der Waals surface area (Å²) in [6.07, 6.45) is 2.18. The van der Waals surface area contributed by atoms with Gasteiger partial charge >= 0.3 is 0 Å². The Morgan fingerprint density at radius 2 is 2.05 bits per heavy atom. The minimum atomic E-state index is -0.116. The number of nitrogens with zero attached hydrogens (tertiary/aromatic N) is 1. The lowest BCUT2D eigenvalue weighted by Crippen LogP contribution is -2.27. The van der Waals surface area contributed by atoms with E-state index in [1.807, 2.05) is 0 Å². The lowest BCUT2D eigenvalue weighted by atomic mass is 10.0. The van der Waals surface area contributed by atoms with Crippen LogP contribution in [0.3, 0.4) is 0 Å². The van der Waals surface area contributed by atoms with Crippen LogP contribution in [0.15, 0.2) is 24.3 Å². The summed E-state index contributed by atoms with van der Waals surface area (Å²) in [5.74, 6) is 0.447. The molecule has 2 amide bonds. The molecule has 1 aliphatic heterocycles. The van der Waals surface area contributed by atoms with Crippen LogP contribution in [0.4, 0.5) is 0 Å². The number of carbonyl (C=O) groups excluding carboxylic acids is 2. The second-order valence-electron chi connectivity index (χ2n) is 5.68. The SMILES string of the molecule is CN(C)C(=O)c1cccc(C(=O)NCCC2CCNC2)c1.Cl. The normalized spacial score (nSPS) is 16.7. The molecule has 1 heterocycles. The Morgan fingerprint density at radius 3 is 2.68 bits per heavy atom. The Labute approximate surface area is 137 Å². The molecule has 22 heavy (non-hydrogen) atoms. The molecule has 5 nitrogen and oxygen atoms in total. The van der Waals surface area contributed by atoms with Gasteiger partial charge in [-0.3, -0.25) is 9.59 Å². The highest BCUT2D eigenvalue weighted by molar-refractivity contribution is 5.99. The van der Waals surface area contributed by atoms with Gasteiger partial charge in [-0.15, -0.1) is 12.4 Å². The number of nitrogens with one attached hydrogen (secondary N) is 2. The third-order valence-corrected chi connectivity index (χ3v) is 3.78. The van der Waals surface area contributed by atoms with E-state index in [-0.39, 0.29) is 24.2 Å². The minimum Gasteiger partial charge on any atom is -0.352 e. The monoisotopic (exact) mass is 325 g/mol. The fourth-order valence-corrected chi connectivity index (χ4v) is 2.50. The molecule has 2 rings (SSSR count). The average molecular weight is 326 g/mol. The van der Waals surface area contributed by atoms with E-state index in [1.54, 1.807) is 38.4 Å². The zero-order chi connectivity index (χ0) is 15.2. The van der Waals surface area contributed by atoms with Crippen LogP contribution < -0.4 is 10.6 Å². The second-order valence-corrected chi connectivity index (χ2v) is 5.68. The standard InChI is InChI=1S/C16H23N3O2.ClH/c1-19(2)16(21)14-5-3-4-13(10-14)15(20)18-9-7-12-6-8-17-11-12;/h3-5,10,12,17H,6-9,11H2,1-2H3,(H,18,20);1H. The summed E-state index contributed by atoms with van der Waals surface area (Å²) < 4.78 is 0. The number of amides is 2. The largest absolute Gasteiger partial charge is 0.352 e. The molecule has 0 bridgehead atoms. The first kappa shape index (κ1) is 18.5. The van der Waals surface area contributed by atoms with Crippen LogP contribution in [0.1, 0.15) is 33.6 Å². The Balaban J connectivity index is 0.00000242. The fraction of sp³-hybridized carbons (Fsp3) is 0.500. The Kier molecular flexibility index (Phi) is 7.35. The van der Waals surface area contributed by atoms with E-state index in [0.717, 1.165) is 19.5 Å². The summed E-state index contributed by atoms with van der Waals surface area (Å²) in [6, 6.07) is 6.85. The molecule has 1 fully saturated rings. The van der Waals surface area contributed by atoms with Crippen molar-refractivity contribution in [2.24, 2.45) is 5.92 Å². The number of hydrogen-bond donors (Lipinski definition) is 2. The third-order valence-electron chi connectivity index (χ3n) is 3.78. The highest BCUT2D eigenvalue weighted by Crippen LogP contribution is 2.11. The van der Waals surface area contributed by atoms with Crippen LogP contribution in [0, 0.1) is 5.92 Å². The first-order valence-corrected chi connectivity index (χ1v) is 7.38. The zero-order valence-electron chi connectivity index (χ0n) is 13.1. The number of carbonyl (C=O) groups is 2. The van der Waals surface area contributed by atoms with Gasteiger partial charge in [-0.25, -0.2) is 0 Å². The summed E-state index contributed by atoms with van der Waals surface area (Å²) >= 11 is 0. The van der Waals surface area contributed by atoms with E-state index in [9.17, 15) is 9.59 Å². The van der Waals surface area contributed by atoms with Gasteiger partial charge in [0.1, 0.15) is 0 Å². The number of hydrogen-bond acceptors (Lipinski definition) is 3. The summed E-state index contributed by atoms with van der Waals surface area (Å²) in [5.41, 5.74) is 1.07. The van der Waals surface area contributed by atoms with Crippen LogP contribution in [-0.2, 0) is 0 Å². The molecule has 1 aromatic rings. The highest BCUT2D eigenvalue weighted by Gasteiger charge is 2.15. The van der Waals surface area contributed by atoms with Crippen molar-refractivity contribution >= 4 is 24.2 Å². The summed E-state index contributed by atoms with van der Waals surface area (Å²) in [4.78, 5) is 25.5. The Hall–Kier alpha value is -1.59. The summed E-state index contributed by atoms with van der Waals surface area (Å²) in [5, 5.41) is 6.25. The van der Waals surface area contributed by atoms with Gasteiger partial charge in [0.2, 0.25) is 0 Å². The molecule has 0 saturated carbocycles. The maximum atomic E-state index is 12.1. The van der Waals surface area contributed by atoms with Gasteiger partial charge in [-0.1, -0.05) is 6.07 Å². The molecule has 0 aromatic heterocycles. The number of rotatable bonds is 5. The van der Waals surface area contributed by atoms with Gasteiger partial charge in [0.05, 0.1) is 0 Å². The lowest BCUT2D eigenvalue weighted by molar-refractivity contribution is 0.0827. The summed E-state index contributed by atoms with van der Waals surface area (Å²) in [6.45, 7) is 2.80. The number of benzene rings is 1. The predicted molar refractivity (Wildman–Crippen MR) is 89.6 cm³/mol. The fourth-order valence-electron chi connectivity index (χ4n) is 2.50. The molecular weight excluding hydrogens is 302 g/mol. The maximum absolute atomic E-state index is 12.1. The first-order valence-electron chi connectivity index (χ1n) is 7.38. The van der Waals surface area contributed by atoms with Gasteiger partial charge in [0.25, 0.3) is 11.8 Å². The molecule has 122 valence electrons. The molecular formula is C16H24ClN3O2. The van der Waals surface area contributed by atoms with Crippen molar-refractivity contribution in [2.45, 2.75) is 12.8 Å². The third kappa shape index (κ3) is 5.00. The Morgan fingerprint density at radius 1 is 1.32 bits per heavy atom. The van der Waals surface area contributed by atoms with Crippen LogP contribution in [-0.4, -0.2) is 50.4 Å². The van der Waals surface area contributed by atoms with Gasteiger partial charge < -0.3 is 15.5 Å². The van der Waals surface area contributed by atoms with Crippen LogP contribution >= 0.6 is 12.4 Å². The van der Waals surface area contributed by atoms with Gasteiger partial charge in [0.15, 0.2) is 0 Å². The molecule has 1 atom stereocenters. The van der Waals surface area contributed by atoms with E-state index in [4.69, 9.17) is 0 Å². The topological polar surface area (TPSA) is 61.4 Å². The van der Waals surface area contributed by atoms with Crippen LogP contribution in [0.2, 0.25) is 0 Å². The molecule has 6 heteroatoms. The van der Waals surface area contributed by atoms with E-state index in [0.29, 0.717) is 23.6 Å². The van der Waals surface area contributed by atoms with Gasteiger partial charge in [0, 0.05) is 31.8 Å². The summed E-state index contributed by atoms with van der Waals surface area (Å²) in [7, 11) is 3.40. The van der Waals surface area contributed by atoms with Gasteiger partial charge in [-0.05, 0) is 50.0 Å². The lowest BCUT2D eigenvalue weighted by Gasteiger charge is -2.12. The van der Waals surface area contributed by atoms with E-state index in [1.165, 1.54) is 11.3 Å². The molecule has 0 aliphatic carbocycles. The van der Waals surface area contributed by atoms with E-state index < -0.39 is 0 Å². The van der Waals surface area contributed by atoms with Crippen molar-refractivity contribution in [2.75, 3.05) is 33.7 Å². The van der Waals surface area contributed by atoms with Crippen molar-refractivity contribution in [3.05, 3.63) is 35.4 Å². The van der Waals surface area contributed by atoms with Crippen molar-refractivity contribution < 1.29 is 9.59 Å². The van der Waals surface area contributed by atoms with Crippen molar-refractivity contribution in [1.29, 1.82) is 0 Å². The average Bonchev–Trinajstić information content (AvgIpc) is 2.99. The first-order chi connectivity index (χ1) is 10.1. The van der Waals surface area contributed by atoms with Crippen LogP contribution in [0.5, 0.6) is 0 Å². The molecule has 2 N–H and O–H groups in total.